The second-order valence-corrected chi connectivity index (χ2v) is 8.07. The lowest BCUT2D eigenvalue weighted by Crippen LogP contribution is -2.27. The first-order valence-electron chi connectivity index (χ1n) is 10.6. The molecule has 0 N–H and O–H groups in total. The first kappa shape index (κ1) is 19.5. The number of aryl methyl sites for hydroxylation is 2. The van der Waals surface area contributed by atoms with Crippen molar-refractivity contribution in [1.82, 2.24) is 24.5 Å². The molecule has 5 rings (SSSR count). The number of nitrogens with zero attached hydrogens (tertiary/aromatic N) is 6. The van der Waals surface area contributed by atoms with Crippen molar-refractivity contribution in [3.63, 3.8) is 0 Å². The van der Waals surface area contributed by atoms with Gasteiger partial charge in [0.15, 0.2) is 0 Å². The van der Waals surface area contributed by atoms with Gasteiger partial charge in [0.1, 0.15) is 6.07 Å². The number of hydrogen-bond acceptors (Lipinski definition) is 5. The lowest BCUT2D eigenvalue weighted by atomic mass is 9.86. The standard InChI is InChI=1S/C24H24N6O/c1-16-23(29(2)28-27-16)19-8-9-20-21(14-19)30(22(15-25)26-20)24(17-6-4-3-5-7-17)18-10-12-31-13-11-18/h3-9,14,18,24H,10-13H2,1-2H3/t24-/m1/s1. The van der Waals surface area contributed by atoms with Crippen LogP contribution in [0.2, 0.25) is 0 Å². The molecule has 1 aliphatic heterocycles. The molecule has 31 heavy (non-hydrogen) atoms. The number of benzene rings is 2. The minimum Gasteiger partial charge on any atom is -0.381 e. The van der Waals surface area contributed by atoms with Crippen LogP contribution in [0.15, 0.2) is 48.5 Å². The Labute approximate surface area is 180 Å². The van der Waals surface area contributed by atoms with E-state index in [2.05, 4.69) is 56.3 Å². The lowest BCUT2D eigenvalue weighted by molar-refractivity contribution is 0.0546. The molecule has 1 fully saturated rings. The molecule has 0 aliphatic carbocycles. The third kappa shape index (κ3) is 3.39. The van der Waals surface area contributed by atoms with Crippen LogP contribution in [0.1, 0.15) is 36.0 Å². The van der Waals surface area contributed by atoms with Crippen molar-refractivity contribution in [1.29, 1.82) is 5.26 Å². The van der Waals surface area contributed by atoms with Gasteiger partial charge >= 0.3 is 0 Å². The molecule has 2 aromatic carbocycles. The number of nitriles is 1. The molecule has 156 valence electrons. The molecule has 7 nitrogen and oxygen atoms in total. The monoisotopic (exact) mass is 412 g/mol. The number of ether oxygens (including phenoxy) is 1. The van der Waals surface area contributed by atoms with Gasteiger partial charge in [0.25, 0.3) is 0 Å². The minimum absolute atomic E-state index is 0.0192. The average molecular weight is 412 g/mol. The van der Waals surface area contributed by atoms with E-state index in [1.165, 1.54) is 5.56 Å². The van der Waals surface area contributed by atoms with Crippen molar-refractivity contribution in [2.45, 2.75) is 25.8 Å². The molecule has 2 aromatic heterocycles. The van der Waals surface area contributed by atoms with Crippen LogP contribution in [0.5, 0.6) is 0 Å². The Morgan fingerprint density at radius 2 is 1.90 bits per heavy atom. The van der Waals surface area contributed by atoms with Crippen molar-refractivity contribution in [2.24, 2.45) is 13.0 Å². The molecule has 0 radical (unpaired) electrons. The summed E-state index contributed by atoms with van der Waals surface area (Å²) in [6.07, 6.45) is 1.91. The van der Waals surface area contributed by atoms with E-state index in [1.807, 2.05) is 32.2 Å². The van der Waals surface area contributed by atoms with Crippen LogP contribution < -0.4 is 0 Å². The van der Waals surface area contributed by atoms with Crippen LogP contribution in [0.4, 0.5) is 0 Å². The Kier molecular flexibility index (Phi) is 5.00. The maximum Gasteiger partial charge on any atom is 0.214 e. The van der Waals surface area contributed by atoms with Crippen molar-refractivity contribution in [2.75, 3.05) is 13.2 Å². The van der Waals surface area contributed by atoms with Gasteiger partial charge in [0.2, 0.25) is 5.82 Å². The van der Waals surface area contributed by atoms with Gasteiger partial charge in [-0.3, -0.25) is 0 Å². The molecular formula is C24H24N6O. The first-order valence-corrected chi connectivity index (χ1v) is 10.6. The molecule has 7 heteroatoms. The zero-order valence-electron chi connectivity index (χ0n) is 17.7. The molecule has 0 spiro atoms. The van der Waals surface area contributed by atoms with Crippen LogP contribution in [0, 0.1) is 24.2 Å². The Bertz CT molecular complexity index is 1240. The topological polar surface area (TPSA) is 81.5 Å². The zero-order valence-corrected chi connectivity index (χ0v) is 17.7. The normalized spacial score (nSPS) is 15.8. The SMILES string of the molecule is Cc1nnn(C)c1-c1ccc2nc(C#N)n([C@H](c3ccccc3)C3CCOCC3)c2c1. The summed E-state index contributed by atoms with van der Waals surface area (Å²) in [5, 5.41) is 18.3. The Hall–Kier alpha value is -3.50. The van der Waals surface area contributed by atoms with Crippen LogP contribution >= 0.6 is 0 Å². The highest BCUT2D eigenvalue weighted by Crippen LogP contribution is 2.38. The molecule has 1 aliphatic rings. The average Bonchev–Trinajstić information content (AvgIpc) is 3.34. The second-order valence-electron chi connectivity index (χ2n) is 8.07. The van der Waals surface area contributed by atoms with E-state index in [0.717, 1.165) is 54.0 Å². The van der Waals surface area contributed by atoms with Gasteiger partial charge < -0.3 is 9.30 Å². The summed E-state index contributed by atoms with van der Waals surface area (Å²) in [4.78, 5) is 4.67. The molecule has 3 heterocycles. The van der Waals surface area contributed by atoms with Crippen LogP contribution in [0.25, 0.3) is 22.3 Å². The van der Waals surface area contributed by atoms with Gasteiger partial charge in [-0.15, -0.1) is 5.10 Å². The molecular weight excluding hydrogens is 388 g/mol. The summed E-state index contributed by atoms with van der Waals surface area (Å²) in [6, 6.07) is 18.9. The second kappa shape index (κ2) is 7.97. The molecule has 0 saturated carbocycles. The summed E-state index contributed by atoms with van der Waals surface area (Å²) < 4.78 is 9.55. The number of hydrogen-bond donors (Lipinski definition) is 0. The fraction of sp³-hybridized carbons (Fsp3) is 0.333. The predicted octanol–water partition coefficient (Wildman–Crippen LogP) is 4.03. The molecule has 1 saturated heterocycles. The summed E-state index contributed by atoms with van der Waals surface area (Å²) in [5.41, 5.74) is 5.82. The highest BCUT2D eigenvalue weighted by Gasteiger charge is 2.30. The quantitative estimate of drug-likeness (QED) is 0.505. The van der Waals surface area contributed by atoms with Crippen molar-refractivity contribution >= 4 is 11.0 Å². The molecule has 0 bridgehead atoms. The van der Waals surface area contributed by atoms with E-state index in [-0.39, 0.29) is 6.04 Å². The van der Waals surface area contributed by atoms with Crippen molar-refractivity contribution in [3.8, 4) is 17.3 Å². The predicted molar refractivity (Wildman–Crippen MR) is 117 cm³/mol. The fourth-order valence-corrected chi connectivity index (χ4v) is 4.77. The molecule has 0 unspecified atom stereocenters. The summed E-state index contributed by atoms with van der Waals surface area (Å²) in [5.74, 6) is 0.803. The Morgan fingerprint density at radius 3 is 2.58 bits per heavy atom. The maximum atomic E-state index is 9.97. The number of rotatable bonds is 4. The van der Waals surface area contributed by atoms with E-state index >= 15 is 0 Å². The largest absolute Gasteiger partial charge is 0.381 e. The summed E-state index contributed by atoms with van der Waals surface area (Å²) in [7, 11) is 1.90. The molecule has 0 amide bonds. The summed E-state index contributed by atoms with van der Waals surface area (Å²) >= 11 is 0. The van der Waals surface area contributed by atoms with Gasteiger partial charge in [-0.25, -0.2) is 9.67 Å². The molecule has 1 atom stereocenters. The Balaban J connectivity index is 1.74. The van der Waals surface area contributed by atoms with Gasteiger partial charge in [-0.1, -0.05) is 41.6 Å². The van der Waals surface area contributed by atoms with Crippen molar-refractivity contribution in [3.05, 3.63) is 65.6 Å². The highest BCUT2D eigenvalue weighted by molar-refractivity contribution is 5.83. The zero-order chi connectivity index (χ0) is 21.4. The number of fused-ring (bicyclic) bond motifs is 1. The van der Waals surface area contributed by atoms with Crippen molar-refractivity contribution < 1.29 is 4.74 Å². The third-order valence-corrected chi connectivity index (χ3v) is 6.19. The Morgan fingerprint density at radius 1 is 1.13 bits per heavy atom. The maximum absolute atomic E-state index is 9.97. The number of imidazole rings is 1. The fourth-order valence-electron chi connectivity index (χ4n) is 4.77. The first-order chi connectivity index (χ1) is 15.2. The lowest BCUT2D eigenvalue weighted by Gasteiger charge is -2.32. The van der Waals surface area contributed by atoms with E-state index in [1.54, 1.807) is 4.68 Å². The van der Waals surface area contributed by atoms with E-state index in [9.17, 15) is 5.26 Å². The van der Waals surface area contributed by atoms with E-state index in [4.69, 9.17) is 4.74 Å². The number of aromatic nitrogens is 5. The van der Waals surface area contributed by atoms with Gasteiger partial charge in [0.05, 0.1) is 28.5 Å². The van der Waals surface area contributed by atoms with Gasteiger partial charge in [0, 0.05) is 25.8 Å². The summed E-state index contributed by atoms with van der Waals surface area (Å²) in [6.45, 7) is 3.45. The minimum atomic E-state index is 0.0192. The van der Waals surface area contributed by atoms with Crippen LogP contribution in [-0.4, -0.2) is 37.8 Å². The van der Waals surface area contributed by atoms with Gasteiger partial charge in [-0.2, -0.15) is 5.26 Å². The molecule has 4 aromatic rings. The van der Waals surface area contributed by atoms with Crippen LogP contribution in [0.3, 0.4) is 0 Å². The third-order valence-electron chi connectivity index (χ3n) is 6.19. The van der Waals surface area contributed by atoms with Gasteiger partial charge in [-0.05, 0) is 43.4 Å². The van der Waals surface area contributed by atoms with E-state index < -0.39 is 0 Å². The smallest absolute Gasteiger partial charge is 0.214 e. The highest BCUT2D eigenvalue weighted by atomic mass is 16.5. The van der Waals surface area contributed by atoms with Crippen LogP contribution in [-0.2, 0) is 11.8 Å². The van der Waals surface area contributed by atoms with E-state index in [0.29, 0.717) is 11.7 Å².